The van der Waals surface area contributed by atoms with E-state index in [9.17, 15) is 4.79 Å². The normalized spacial score (nSPS) is 10.8. The standard InChI is InChI=1S/C20H19ClN4O4/c1-27-17-8-12(9-18(28-2)19(17)29-3)11-22-25-20(26)16-10-15(23-24-16)13-6-4-5-7-14(13)21/h4-11H,1-3H3,(H,23,24)(H,25,26). The summed E-state index contributed by atoms with van der Waals surface area (Å²) < 4.78 is 15.9. The summed E-state index contributed by atoms with van der Waals surface area (Å²) in [5, 5.41) is 11.3. The minimum absolute atomic E-state index is 0.252. The van der Waals surface area contributed by atoms with Crippen LogP contribution in [0.5, 0.6) is 17.2 Å². The van der Waals surface area contributed by atoms with Crippen LogP contribution in [-0.4, -0.2) is 43.6 Å². The maximum absolute atomic E-state index is 12.3. The van der Waals surface area contributed by atoms with Gasteiger partial charge in [-0.25, -0.2) is 5.43 Å². The van der Waals surface area contributed by atoms with Crippen LogP contribution in [0.15, 0.2) is 47.6 Å². The van der Waals surface area contributed by atoms with E-state index in [4.69, 9.17) is 25.8 Å². The lowest BCUT2D eigenvalue weighted by atomic mass is 10.1. The number of rotatable bonds is 7. The SMILES string of the molecule is COc1cc(C=NNC(=O)c2cc(-c3ccccc3Cl)n[nH]2)cc(OC)c1OC. The molecule has 150 valence electrons. The number of aromatic amines is 1. The molecule has 0 unspecified atom stereocenters. The van der Waals surface area contributed by atoms with E-state index < -0.39 is 5.91 Å². The molecule has 3 aromatic rings. The molecule has 0 aliphatic carbocycles. The monoisotopic (exact) mass is 414 g/mol. The quantitative estimate of drug-likeness (QED) is 0.455. The molecule has 0 aliphatic rings. The Labute approximate surface area is 172 Å². The van der Waals surface area contributed by atoms with E-state index in [0.29, 0.717) is 33.5 Å². The number of nitrogens with zero attached hydrogens (tertiary/aromatic N) is 2. The number of carbonyl (C=O) groups excluding carboxylic acids is 1. The van der Waals surface area contributed by atoms with Gasteiger partial charge in [-0.3, -0.25) is 9.89 Å². The maximum Gasteiger partial charge on any atom is 0.289 e. The van der Waals surface area contributed by atoms with Gasteiger partial charge in [0.25, 0.3) is 5.91 Å². The highest BCUT2D eigenvalue weighted by Gasteiger charge is 2.14. The zero-order valence-corrected chi connectivity index (χ0v) is 16.8. The van der Waals surface area contributed by atoms with Crippen molar-refractivity contribution in [3.05, 3.63) is 58.7 Å². The molecular weight excluding hydrogens is 396 g/mol. The van der Waals surface area contributed by atoms with Crippen molar-refractivity contribution in [2.75, 3.05) is 21.3 Å². The Morgan fingerprint density at radius 2 is 1.79 bits per heavy atom. The molecule has 0 bridgehead atoms. The molecule has 0 radical (unpaired) electrons. The Balaban J connectivity index is 1.73. The number of benzene rings is 2. The summed E-state index contributed by atoms with van der Waals surface area (Å²) in [5.74, 6) is 0.996. The van der Waals surface area contributed by atoms with Crippen molar-refractivity contribution in [1.29, 1.82) is 0 Å². The van der Waals surface area contributed by atoms with Crippen LogP contribution in [0.1, 0.15) is 16.1 Å². The Bertz CT molecular complexity index is 1020. The van der Waals surface area contributed by atoms with E-state index in [0.717, 1.165) is 5.56 Å². The number of methoxy groups -OCH3 is 3. The van der Waals surface area contributed by atoms with Gasteiger partial charge in [0.1, 0.15) is 5.69 Å². The first-order chi connectivity index (χ1) is 14.1. The van der Waals surface area contributed by atoms with Crippen molar-refractivity contribution in [3.63, 3.8) is 0 Å². The van der Waals surface area contributed by atoms with Crippen molar-refractivity contribution >= 4 is 23.7 Å². The summed E-state index contributed by atoms with van der Waals surface area (Å²) in [7, 11) is 4.57. The lowest BCUT2D eigenvalue weighted by molar-refractivity contribution is 0.0950. The highest BCUT2D eigenvalue weighted by molar-refractivity contribution is 6.33. The molecule has 2 N–H and O–H groups in total. The van der Waals surface area contributed by atoms with Gasteiger partial charge in [0, 0.05) is 11.1 Å². The van der Waals surface area contributed by atoms with Gasteiger partial charge in [-0.1, -0.05) is 29.8 Å². The van der Waals surface area contributed by atoms with Crippen molar-refractivity contribution in [3.8, 4) is 28.5 Å². The number of H-pyrrole nitrogens is 1. The summed E-state index contributed by atoms with van der Waals surface area (Å²) in [6.07, 6.45) is 1.47. The number of amides is 1. The second-order valence-electron chi connectivity index (χ2n) is 5.80. The van der Waals surface area contributed by atoms with Crippen molar-refractivity contribution in [2.24, 2.45) is 5.10 Å². The van der Waals surface area contributed by atoms with Gasteiger partial charge in [0.15, 0.2) is 11.5 Å². The fourth-order valence-corrected chi connectivity index (χ4v) is 2.88. The van der Waals surface area contributed by atoms with Gasteiger partial charge in [-0.2, -0.15) is 10.2 Å². The van der Waals surface area contributed by atoms with Crippen LogP contribution in [0, 0.1) is 0 Å². The highest BCUT2D eigenvalue weighted by Crippen LogP contribution is 2.37. The van der Waals surface area contributed by atoms with E-state index in [-0.39, 0.29) is 5.69 Å². The average Bonchev–Trinajstić information content (AvgIpc) is 3.23. The molecule has 1 heterocycles. The number of halogens is 1. The van der Waals surface area contributed by atoms with Gasteiger partial charge < -0.3 is 14.2 Å². The van der Waals surface area contributed by atoms with E-state index in [1.54, 1.807) is 24.3 Å². The first-order valence-corrected chi connectivity index (χ1v) is 8.89. The van der Waals surface area contributed by atoms with E-state index in [2.05, 4.69) is 20.7 Å². The average molecular weight is 415 g/mol. The summed E-state index contributed by atoms with van der Waals surface area (Å²) >= 11 is 6.16. The fourth-order valence-electron chi connectivity index (χ4n) is 2.65. The Morgan fingerprint density at radius 3 is 2.41 bits per heavy atom. The Kier molecular flexibility index (Phi) is 6.36. The molecule has 0 aliphatic heterocycles. The van der Waals surface area contributed by atoms with Crippen LogP contribution in [0.2, 0.25) is 5.02 Å². The van der Waals surface area contributed by atoms with Gasteiger partial charge in [-0.05, 0) is 24.3 Å². The summed E-state index contributed by atoms with van der Waals surface area (Å²) in [6, 6.07) is 12.3. The molecule has 0 saturated carbocycles. The molecular formula is C20H19ClN4O4. The van der Waals surface area contributed by atoms with Gasteiger partial charge in [0.2, 0.25) is 5.75 Å². The third-order valence-corrected chi connectivity index (χ3v) is 4.37. The molecule has 0 spiro atoms. The van der Waals surface area contributed by atoms with Crippen LogP contribution in [0.25, 0.3) is 11.3 Å². The van der Waals surface area contributed by atoms with Crippen LogP contribution in [-0.2, 0) is 0 Å². The number of hydrazone groups is 1. The molecule has 3 rings (SSSR count). The van der Waals surface area contributed by atoms with Gasteiger partial charge in [-0.15, -0.1) is 0 Å². The number of hydrogen-bond acceptors (Lipinski definition) is 6. The van der Waals surface area contributed by atoms with Gasteiger partial charge >= 0.3 is 0 Å². The zero-order chi connectivity index (χ0) is 20.8. The number of ether oxygens (including phenoxy) is 3. The lowest BCUT2D eigenvalue weighted by Gasteiger charge is -2.12. The first kappa shape index (κ1) is 20.2. The summed E-state index contributed by atoms with van der Waals surface area (Å²) in [4.78, 5) is 12.3. The van der Waals surface area contributed by atoms with Crippen LogP contribution in [0.4, 0.5) is 0 Å². The summed E-state index contributed by atoms with van der Waals surface area (Å²) in [6.45, 7) is 0. The molecule has 0 atom stereocenters. The third-order valence-electron chi connectivity index (χ3n) is 4.04. The van der Waals surface area contributed by atoms with E-state index in [1.807, 2.05) is 18.2 Å². The Morgan fingerprint density at radius 1 is 1.10 bits per heavy atom. The van der Waals surface area contributed by atoms with Gasteiger partial charge in [0.05, 0.1) is 38.3 Å². The van der Waals surface area contributed by atoms with Crippen LogP contribution < -0.4 is 19.6 Å². The second-order valence-corrected chi connectivity index (χ2v) is 6.21. The summed E-state index contributed by atoms with van der Waals surface area (Å²) in [5.41, 5.74) is 4.64. The van der Waals surface area contributed by atoms with Crippen molar-refractivity contribution in [1.82, 2.24) is 15.6 Å². The number of aromatic nitrogens is 2. The minimum atomic E-state index is -0.445. The number of carbonyl (C=O) groups is 1. The molecule has 1 aromatic heterocycles. The maximum atomic E-state index is 12.3. The van der Waals surface area contributed by atoms with E-state index in [1.165, 1.54) is 27.5 Å². The molecule has 1 amide bonds. The molecule has 0 saturated heterocycles. The predicted octanol–water partition coefficient (Wildman–Crippen LogP) is 3.52. The number of nitrogens with one attached hydrogen (secondary N) is 2. The van der Waals surface area contributed by atoms with Crippen LogP contribution >= 0.6 is 11.6 Å². The molecule has 29 heavy (non-hydrogen) atoms. The molecule has 8 nitrogen and oxygen atoms in total. The predicted molar refractivity (Wildman–Crippen MR) is 110 cm³/mol. The fraction of sp³-hybridized carbons (Fsp3) is 0.150. The Hall–Kier alpha value is -3.52. The first-order valence-electron chi connectivity index (χ1n) is 8.51. The topological polar surface area (TPSA) is 97.8 Å². The lowest BCUT2D eigenvalue weighted by Crippen LogP contribution is -2.18. The zero-order valence-electron chi connectivity index (χ0n) is 16.0. The largest absolute Gasteiger partial charge is 0.493 e. The second kappa shape index (κ2) is 9.11. The van der Waals surface area contributed by atoms with Crippen molar-refractivity contribution < 1.29 is 19.0 Å². The minimum Gasteiger partial charge on any atom is -0.493 e. The highest BCUT2D eigenvalue weighted by atomic mass is 35.5. The van der Waals surface area contributed by atoms with E-state index >= 15 is 0 Å². The number of hydrogen-bond donors (Lipinski definition) is 2. The van der Waals surface area contributed by atoms with Crippen molar-refractivity contribution in [2.45, 2.75) is 0 Å². The molecule has 0 fully saturated rings. The molecule has 2 aromatic carbocycles. The smallest absolute Gasteiger partial charge is 0.289 e. The third kappa shape index (κ3) is 4.49. The molecule has 9 heteroatoms. The van der Waals surface area contributed by atoms with Crippen LogP contribution in [0.3, 0.4) is 0 Å².